The van der Waals surface area contributed by atoms with Crippen molar-refractivity contribution in [2.75, 3.05) is 0 Å². The number of benzene rings is 2. The normalized spacial score (nSPS) is 11.4. The van der Waals surface area contributed by atoms with Gasteiger partial charge in [-0.2, -0.15) is 4.98 Å². The van der Waals surface area contributed by atoms with Gasteiger partial charge in [-0.25, -0.2) is 4.98 Å². The third-order valence-corrected chi connectivity index (χ3v) is 5.33. The zero-order valence-electron chi connectivity index (χ0n) is 15.9. The van der Waals surface area contributed by atoms with Crippen LogP contribution in [-0.2, 0) is 5.75 Å². The Hall–Kier alpha value is -2.93. The lowest BCUT2D eigenvalue weighted by Crippen LogP contribution is -2.25. The Balaban J connectivity index is 1.62. The molecule has 28 heavy (non-hydrogen) atoms. The van der Waals surface area contributed by atoms with E-state index in [1.165, 1.54) is 17.3 Å². The van der Waals surface area contributed by atoms with Gasteiger partial charge in [-0.15, -0.1) is 0 Å². The van der Waals surface area contributed by atoms with Crippen LogP contribution in [0, 0.1) is 6.92 Å². The summed E-state index contributed by atoms with van der Waals surface area (Å²) < 4.78 is 7.10. The number of aromatic nitrogens is 4. The summed E-state index contributed by atoms with van der Waals surface area (Å²) in [6, 6.07) is 15.4. The number of hydrogen-bond acceptors (Lipinski definition) is 6. The minimum atomic E-state index is -0.0334. The second kappa shape index (κ2) is 7.59. The third kappa shape index (κ3) is 3.57. The molecule has 0 saturated carbocycles. The van der Waals surface area contributed by atoms with Gasteiger partial charge in [0.05, 0.1) is 16.7 Å². The number of para-hydroxylation sites is 1. The van der Waals surface area contributed by atoms with Crippen molar-refractivity contribution in [3.05, 3.63) is 70.3 Å². The molecule has 2 aromatic heterocycles. The molecule has 2 aromatic carbocycles. The van der Waals surface area contributed by atoms with Gasteiger partial charge in [0.2, 0.25) is 11.7 Å². The Morgan fingerprint density at radius 3 is 2.57 bits per heavy atom. The number of rotatable bonds is 5. The van der Waals surface area contributed by atoms with E-state index in [4.69, 9.17) is 4.52 Å². The molecule has 0 fully saturated rings. The van der Waals surface area contributed by atoms with Crippen LogP contribution >= 0.6 is 11.8 Å². The minimum Gasteiger partial charge on any atom is -0.338 e. The van der Waals surface area contributed by atoms with Crippen molar-refractivity contribution in [2.45, 2.75) is 37.7 Å². The molecule has 0 radical (unpaired) electrons. The van der Waals surface area contributed by atoms with Gasteiger partial charge in [0, 0.05) is 11.6 Å². The minimum absolute atomic E-state index is 0.00193. The van der Waals surface area contributed by atoms with E-state index in [0.717, 1.165) is 5.56 Å². The summed E-state index contributed by atoms with van der Waals surface area (Å²) in [5.41, 5.74) is 2.75. The lowest BCUT2D eigenvalue weighted by Gasteiger charge is -2.15. The van der Waals surface area contributed by atoms with E-state index < -0.39 is 0 Å². The fraction of sp³-hybridized carbons (Fsp3) is 0.238. The molecule has 2 heterocycles. The summed E-state index contributed by atoms with van der Waals surface area (Å²) in [6.45, 7) is 5.99. The molecule has 0 bridgehead atoms. The molecule has 0 N–H and O–H groups in total. The number of thioether (sulfide) groups is 1. The van der Waals surface area contributed by atoms with E-state index in [-0.39, 0.29) is 11.6 Å². The van der Waals surface area contributed by atoms with E-state index in [2.05, 4.69) is 15.1 Å². The quantitative estimate of drug-likeness (QED) is 0.364. The molecular weight excluding hydrogens is 372 g/mol. The van der Waals surface area contributed by atoms with Gasteiger partial charge in [0.15, 0.2) is 5.16 Å². The predicted molar refractivity (Wildman–Crippen MR) is 110 cm³/mol. The van der Waals surface area contributed by atoms with Gasteiger partial charge in [-0.3, -0.25) is 9.36 Å². The smallest absolute Gasteiger partial charge is 0.262 e. The van der Waals surface area contributed by atoms with Crippen molar-refractivity contribution in [3.63, 3.8) is 0 Å². The molecule has 6 nitrogen and oxygen atoms in total. The molecule has 4 rings (SSSR count). The molecule has 0 spiro atoms. The maximum Gasteiger partial charge on any atom is 0.262 e. The Labute approximate surface area is 166 Å². The topological polar surface area (TPSA) is 73.8 Å². The molecular formula is C21H20N4O2S. The van der Waals surface area contributed by atoms with Crippen LogP contribution in [0.3, 0.4) is 0 Å². The SMILES string of the molecule is Cc1ccc(-c2noc(CSc3nc4ccccc4c(=O)n3C(C)C)n2)cc1. The van der Waals surface area contributed by atoms with Crippen LogP contribution in [0.25, 0.3) is 22.3 Å². The lowest BCUT2D eigenvalue weighted by atomic mass is 10.1. The largest absolute Gasteiger partial charge is 0.338 e. The number of aryl methyl sites for hydroxylation is 1. The molecule has 0 amide bonds. The zero-order chi connectivity index (χ0) is 19.7. The predicted octanol–water partition coefficient (Wildman–Crippen LogP) is 4.63. The molecule has 0 aliphatic heterocycles. The van der Waals surface area contributed by atoms with Gasteiger partial charge < -0.3 is 4.52 Å². The van der Waals surface area contributed by atoms with Crippen LogP contribution < -0.4 is 5.56 Å². The van der Waals surface area contributed by atoms with E-state index in [1.54, 1.807) is 4.57 Å². The molecule has 142 valence electrons. The zero-order valence-corrected chi connectivity index (χ0v) is 16.7. The third-order valence-electron chi connectivity index (χ3n) is 4.39. The first-order valence-corrected chi connectivity index (χ1v) is 10.0. The fourth-order valence-electron chi connectivity index (χ4n) is 2.94. The second-order valence-corrected chi connectivity index (χ2v) is 7.79. The lowest BCUT2D eigenvalue weighted by molar-refractivity contribution is 0.391. The van der Waals surface area contributed by atoms with Gasteiger partial charge in [-0.1, -0.05) is 58.9 Å². The van der Waals surface area contributed by atoms with Crippen LogP contribution in [0.4, 0.5) is 0 Å². The Bertz CT molecular complexity index is 1180. The number of nitrogens with zero attached hydrogens (tertiary/aromatic N) is 4. The average molecular weight is 392 g/mol. The first-order chi connectivity index (χ1) is 13.5. The van der Waals surface area contributed by atoms with Crippen LogP contribution in [0.5, 0.6) is 0 Å². The number of fused-ring (bicyclic) bond motifs is 1. The van der Waals surface area contributed by atoms with Gasteiger partial charge >= 0.3 is 0 Å². The van der Waals surface area contributed by atoms with Crippen molar-refractivity contribution in [3.8, 4) is 11.4 Å². The second-order valence-electron chi connectivity index (χ2n) is 6.85. The molecule has 0 aliphatic carbocycles. The summed E-state index contributed by atoms with van der Waals surface area (Å²) in [5, 5.41) is 5.34. The van der Waals surface area contributed by atoms with Crippen molar-refractivity contribution in [1.29, 1.82) is 0 Å². The van der Waals surface area contributed by atoms with Crippen molar-refractivity contribution < 1.29 is 4.52 Å². The maximum atomic E-state index is 12.9. The summed E-state index contributed by atoms with van der Waals surface area (Å²) in [4.78, 5) is 22.0. The highest BCUT2D eigenvalue weighted by Gasteiger charge is 2.16. The van der Waals surface area contributed by atoms with Crippen LogP contribution in [0.2, 0.25) is 0 Å². The standard InChI is InChI=1S/C21H20N4O2S/c1-13(2)25-20(26)16-6-4-5-7-17(16)22-21(25)28-12-18-23-19(24-27-18)15-10-8-14(3)9-11-15/h4-11,13H,12H2,1-3H3. The summed E-state index contributed by atoms with van der Waals surface area (Å²) in [6.07, 6.45) is 0. The maximum absolute atomic E-state index is 12.9. The Morgan fingerprint density at radius 1 is 1.07 bits per heavy atom. The first-order valence-electron chi connectivity index (χ1n) is 9.06. The molecule has 0 saturated heterocycles. The van der Waals surface area contributed by atoms with Gasteiger partial charge in [0.25, 0.3) is 5.56 Å². The molecule has 0 aliphatic rings. The fourth-order valence-corrected chi connectivity index (χ4v) is 3.91. The monoisotopic (exact) mass is 392 g/mol. The van der Waals surface area contributed by atoms with Crippen molar-refractivity contribution in [2.24, 2.45) is 0 Å². The van der Waals surface area contributed by atoms with E-state index in [9.17, 15) is 4.79 Å². The highest BCUT2D eigenvalue weighted by Crippen LogP contribution is 2.25. The molecule has 0 atom stereocenters. The Morgan fingerprint density at radius 2 is 1.82 bits per heavy atom. The van der Waals surface area contributed by atoms with Crippen LogP contribution in [-0.4, -0.2) is 19.7 Å². The molecule has 0 unspecified atom stereocenters. The van der Waals surface area contributed by atoms with E-state index in [1.807, 2.05) is 69.3 Å². The average Bonchev–Trinajstić information content (AvgIpc) is 3.16. The van der Waals surface area contributed by atoms with E-state index in [0.29, 0.717) is 33.5 Å². The summed E-state index contributed by atoms with van der Waals surface area (Å²) in [7, 11) is 0. The Kier molecular flexibility index (Phi) is 5.00. The highest BCUT2D eigenvalue weighted by molar-refractivity contribution is 7.98. The summed E-state index contributed by atoms with van der Waals surface area (Å²) >= 11 is 1.42. The van der Waals surface area contributed by atoms with Gasteiger partial charge in [0.1, 0.15) is 0 Å². The molecule has 4 aromatic rings. The van der Waals surface area contributed by atoms with Crippen LogP contribution in [0.15, 0.2) is 63.0 Å². The van der Waals surface area contributed by atoms with Gasteiger partial charge in [-0.05, 0) is 32.9 Å². The van der Waals surface area contributed by atoms with Crippen LogP contribution in [0.1, 0.15) is 31.3 Å². The number of hydrogen-bond donors (Lipinski definition) is 0. The van der Waals surface area contributed by atoms with Crippen molar-refractivity contribution >= 4 is 22.7 Å². The first kappa shape index (κ1) is 18.4. The van der Waals surface area contributed by atoms with Crippen molar-refractivity contribution in [1.82, 2.24) is 19.7 Å². The summed E-state index contributed by atoms with van der Waals surface area (Å²) in [5.74, 6) is 1.50. The molecule has 7 heteroatoms. The highest BCUT2D eigenvalue weighted by atomic mass is 32.2. The van der Waals surface area contributed by atoms with E-state index >= 15 is 0 Å².